The zero-order valence-electron chi connectivity index (χ0n) is 19.4. The van der Waals surface area contributed by atoms with Gasteiger partial charge in [0.05, 0.1) is 13.2 Å². The second kappa shape index (κ2) is 9.26. The van der Waals surface area contributed by atoms with Gasteiger partial charge in [0.15, 0.2) is 0 Å². The maximum absolute atomic E-state index is 13.6. The summed E-state index contributed by atoms with van der Waals surface area (Å²) in [6.45, 7) is 0.276. The van der Waals surface area contributed by atoms with Crippen molar-refractivity contribution in [2.45, 2.75) is 44.3 Å². The van der Waals surface area contributed by atoms with Gasteiger partial charge in [0.25, 0.3) is 5.91 Å². The normalized spacial score (nSPS) is 19.9. The minimum absolute atomic E-state index is 0.150. The number of ether oxygens (including phenoxy) is 1. The highest BCUT2D eigenvalue weighted by Crippen LogP contribution is 2.36. The van der Waals surface area contributed by atoms with Crippen molar-refractivity contribution in [3.63, 3.8) is 0 Å². The number of ketones is 1. The fourth-order valence-corrected chi connectivity index (χ4v) is 5.25. The van der Waals surface area contributed by atoms with Crippen LogP contribution in [0.5, 0.6) is 5.75 Å². The molecule has 5 rings (SSSR count). The lowest BCUT2D eigenvalue weighted by molar-refractivity contribution is -0.126. The van der Waals surface area contributed by atoms with E-state index in [0.717, 1.165) is 34.9 Å². The molecule has 1 fully saturated rings. The molecule has 2 aromatic carbocycles. The molecule has 35 heavy (non-hydrogen) atoms. The van der Waals surface area contributed by atoms with Gasteiger partial charge in [0.2, 0.25) is 5.91 Å². The average Bonchev–Trinajstić information content (AvgIpc) is 3.59. The number of fused-ring (bicyclic) bond motifs is 2. The van der Waals surface area contributed by atoms with Crippen molar-refractivity contribution in [1.29, 1.82) is 5.26 Å². The molecule has 0 saturated heterocycles. The maximum Gasteiger partial charge on any atom is 0.271 e. The largest absolute Gasteiger partial charge is 0.496 e. The summed E-state index contributed by atoms with van der Waals surface area (Å²) >= 11 is 0. The Kier molecular flexibility index (Phi) is 6.00. The molecule has 3 unspecified atom stereocenters. The van der Waals surface area contributed by atoms with Crippen LogP contribution in [0.1, 0.15) is 53.3 Å². The van der Waals surface area contributed by atoms with Crippen LogP contribution < -0.4 is 10.1 Å². The molecule has 1 saturated carbocycles. The lowest BCUT2D eigenvalue weighted by Crippen LogP contribution is -2.44. The molecule has 3 aromatic rings. The van der Waals surface area contributed by atoms with Gasteiger partial charge in [0, 0.05) is 29.8 Å². The quantitative estimate of drug-likeness (QED) is 0.571. The number of amides is 2. The fraction of sp³-hybridized carbons (Fsp3) is 0.333. The number of nitrogens with zero attached hydrogens (tertiary/aromatic N) is 2. The van der Waals surface area contributed by atoms with Gasteiger partial charge < -0.3 is 19.9 Å². The minimum Gasteiger partial charge on any atom is -0.496 e. The number of aromatic amines is 1. The topological polar surface area (TPSA) is 115 Å². The number of nitriles is 1. The van der Waals surface area contributed by atoms with E-state index in [4.69, 9.17) is 4.74 Å². The summed E-state index contributed by atoms with van der Waals surface area (Å²) < 4.78 is 5.41. The van der Waals surface area contributed by atoms with E-state index in [1.807, 2.05) is 42.5 Å². The number of benzene rings is 2. The third kappa shape index (κ3) is 4.14. The van der Waals surface area contributed by atoms with Gasteiger partial charge in [0.1, 0.15) is 29.3 Å². The van der Waals surface area contributed by atoms with Crippen molar-refractivity contribution in [3.05, 3.63) is 65.4 Å². The second-order valence-corrected chi connectivity index (χ2v) is 9.12. The van der Waals surface area contributed by atoms with Crippen molar-refractivity contribution < 1.29 is 19.1 Å². The van der Waals surface area contributed by atoms with Crippen molar-refractivity contribution in [3.8, 4) is 11.8 Å². The lowest BCUT2D eigenvalue weighted by atomic mass is 9.97. The van der Waals surface area contributed by atoms with Gasteiger partial charge in [-0.25, -0.2) is 0 Å². The Hall–Kier alpha value is -4.12. The minimum atomic E-state index is -0.873. The smallest absolute Gasteiger partial charge is 0.271 e. The molecular formula is C27H26N4O4. The number of nitrogens with one attached hydrogen (secondary N) is 2. The Labute approximate surface area is 202 Å². The summed E-state index contributed by atoms with van der Waals surface area (Å²) in [5.41, 5.74) is 2.73. The van der Waals surface area contributed by atoms with Gasteiger partial charge >= 0.3 is 0 Å². The number of rotatable bonds is 6. The molecule has 1 aliphatic carbocycles. The molecule has 2 N–H and O–H groups in total. The molecule has 8 heteroatoms. The van der Waals surface area contributed by atoms with Crippen LogP contribution in [0.25, 0.3) is 10.9 Å². The van der Waals surface area contributed by atoms with Crippen LogP contribution in [0.3, 0.4) is 0 Å². The number of methoxy groups -OCH3 is 1. The van der Waals surface area contributed by atoms with Gasteiger partial charge in [-0.1, -0.05) is 30.3 Å². The van der Waals surface area contributed by atoms with E-state index in [0.29, 0.717) is 24.3 Å². The highest BCUT2D eigenvalue weighted by Gasteiger charge is 2.40. The highest BCUT2D eigenvalue weighted by molar-refractivity contribution is 6.02. The van der Waals surface area contributed by atoms with Crippen LogP contribution in [-0.4, -0.2) is 40.6 Å². The average molecular weight is 471 g/mol. The van der Waals surface area contributed by atoms with E-state index in [2.05, 4.69) is 16.4 Å². The number of aromatic nitrogens is 1. The zero-order chi connectivity index (χ0) is 24.5. The molecule has 1 aromatic heterocycles. The monoisotopic (exact) mass is 470 g/mol. The lowest BCUT2D eigenvalue weighted by Gasteiger charge is -2.25. The van der Waals surface area contributed by atoms with Crippen molar-refractivity contribution in [2.75, 3.05) is 7.11 Å². The second-order valence-electron chi connectivity index (χ2n) is 9.12. The predicted molar refractivity (Wildman–Crippen MR) is 128 cm³/mol. The molecular weight excluding hydrogens is 444 g/mol. The molecule has 0 bridgehead atoms. The van der Waals surface area contributed by atoms with Crippen LogP contribution in [0.2, 0.25) is 0 Å². The number of Topliss-reactive ketones (excluding diaryl/α,β-unsaturated/α-hetero) is 1. The van der Waals surface area contributed by atoms with Gasteiger partial charge in [-0.15, -0.1) is 0 Å². The zero-order valence-corrected chi connectivity index (χ0v) is 19.4. The molecule has 178 valence electrons. The summed E-state index contributed by atoms with van der Waals surface area (Å²) in [5.74, 6) is -0.144. The molecule has 2 aliphatic rings. The van der Waals surface area contributed by atoms with Crippen LogP contribution in [0, 0.1) is 17.2 Å². The van der Waals surface area contributed by atoms with E-state index in [1.54, 1.807) is 13.2 Å². The number of carbonyl (C=O) groups excluding carboxylic acids is 3. The van der Waals surface area contributed by atoms with Gasteiger partial charge in [-0.3, -0.25) is 14.4 Å². The van der Waals surface area contributed by atoms with Gasteiger partial charge in [-0.2, -0.15) is 5.26 Å². The van der Waals surface area contributed by atoms with E-state index in [9.17, 15) is 19.6 Å². The molecule has 0 radical (unpaired) electrons. The third-order valence-corrected chi connectivity index (χ3v) is 7.01. The molecule has 8 nitrogen and oxygen atoms in total. The summed E-state index contributed by atoms with van der Waals surface area (Å²) in [5, 5.41) is 13.3. The summed E-state index contributed by atoms with van der Waals surface area (Å²) in [4.78, 5) is 43.8. The number of hydrogen-bond acceptors (Lipinski definition) is 5. The SMILES string of the molecule is COc1cccc2[nH]c(C(=O)N3Cc4ccccc4C3C(=O)NC(C#N)CC3CCCC3=O)cc12. The first-order valence-electron chi connectivity index (χ1n) is 11.8. The first-order valence-corrected chi connectivity index (χ1v) is 11.8. The van der Waals surface area contributed by atoms with Crippen molar-refractivity contribution in [2.24, 2.45) is 5.92 Å². The summed E-state index contributed by atoms with van der Waals surface area (Å²) in [6.07, 6.45) is 2.40. The Bertz CT molecular complexity index is 1350. The first-order chi connectivity index (χ1) is 17.0. The van der Waals surface area contributed by atoms with Gasteiger partial charge in [-0.05, 0) is 48.6 Å². The van der Waals surface area contributed by atoms with E-state index >= 15 is 0 Å². The Morgan fingerprint density at radius 2 is 2.09 bits per heavy atom. The molecule has 1 aliphatic heterocycles. The molecule has 2 heterocycles. The number of carbonyl (C=O) groups is 3. The molecule has 2 amide bonds. The first kappa shape index (κ1) is 22.7. The van der Waals surface area contributed by atoms with Crippen LogP contribution in [0.4, 0.5) is 0 Å². The fourth-order valence-electron chi connectivity index (χ4n) is 5.25. The van der Waals surface area contributed by atoms with Crippen molar-refractivity contribution in [1.82, 2.24) is 15.2 Å². The Morgan fingerprint density at radius 3 is 2.83 bits per heavy atom. The molecule has 0 spiro atoms. The summed E-state index contributed by atoms with van der Waals surface area (Å²) in [7, 11) is 1.57. The number of hydrogen-bond donors (Lipinski definition) is 2. The standard InChI is InChI=1S/C27H26N4O4/c1-35-24-11-5-9-21-20(24)13-22(30-21)27(34)31-15-17-6-2-3-8-19(17)25(31)26(33)29-18(14-28)12-16-7-4-10-23(16)32/h2-3,5-6,8-9,11,13,16,18,25,30H,4,7,10,12,15H2,1H3,(H,29,33). The Morgan fingerprint density at radius 1 is 1.26 bits per heavy atom. The van der Waals surface area contributed by atoms with Crippen molar-refractivity contribution >= 4 is 28.5 Å². The van der Waals surface area contributed by atoms with E-state index in [1.165, 1.54) is 4.90 Å². The van der Waals surface area contributed by atoms with Crippen LogP contribution in [0.15, 0.2) is 48.5 Å². The molecule has 3 atom stereocenters. The van der Waals surface area contributed by atoms with Crippen LogP contribution >= 0.6 is 0 Å². The predicted octanol–water partition coefficient (Wildman–Crippen LogP) is 3.64. The van der Waals surface area contributed by atoms with Crippen LogP contribution in [-0.2, 0) is 16.1 Å². The number of H-pyrrole nitrogens is 1. The third-order valence-electron chi connectivity index (χ3n) is 7.01. The van der Waals surface area contributed by atoms with E-state index < -0.39 is 18.0 Å². The maximum atomic E-state index is 13.6. The Balaban J connectivity index is 1.42. The summed E-state index contributed by atoms with van der Waals surface area (Å²) in [6, 6.07) is 15.2. The van der Waals surface area contributed by atoms with E-state index in [-0.39, 0.29) is 24.2 Å². The highest BCUT2D eigenvalue weighted by atomic mass is 16.5.